The summed E-state index contributed by atoms with van der Waals surface area (Å²) in [5, 5.41) is 2.66. The largest absolute Gasteiger partial charge is 0.256 e. The zero-order valence-corrected chi connectivity index (χ0v) is 23.5. The molecule has 0 aliphatic heterocycles. The molecule has 1 nitrogen and oxygen atoms in total. The number of hydrogen-bond donors (Lipinski definition) is 0. The van der Waals surface area contributed by atoms with Crippen LogP contribution in [-0.4, -0.2) is 21.2 Å². The lowest BCUT2D eigenvalue weighted by Gasteiger charge is -2.50. The summed E-state index contributed by atoms with van der Waals surface area (Å²) in [5.74, 6) is 3.96. The molecule has 0 atom stereocenters. The second-order valence-corrected chi connectivity index (χ2v) is 16.6. The molecule has 0 spiro atoms. The fourth-order valence-corrected chi connectivity index (χ4v) is 11.4. The lowest BCUT2D eigenvalue weighted by molar-refractivity contribution is 0.701. The molecule has 0 N–H and O–H groups in total. The smallest absolute Gasteiger partial charge is 0.0780 e. The maximum absolute atomic E-state index is 5.00. The average Bonchev–Trinajstić information content (AvgIpc) is 3.58. The van der Waals surface area contributed by atoms with Crippen LogP contribution in [0.2, 0.25) is 0 Å². The van der Waals surface area contributed by atoms with Crippen LogP contribution in [0.25, 0.3) is 22.0 Å². The summed E-state index contributed by atoms with van der Waals surface area (Å²) < 4.78 is 0.297. The van der Waals surface area contributed by atoms with Crippen molar-refractivity contribution in [2.45, 2.75) is 107 Å². The van der Waals surface area contributed by atoms with Crippen LogP contribution >= 0.6 is 10.0 Å². The summed E-state index contributed by atoms with van der Waals surface area (Å²) in [4.78, 5) is 6.56. The maximum atomic E-state index is 5.00. The molecule has 1 heterocycles. The first-order valence-electron chi connectivity index (χ1n) is 14.2. The monoisotopic (exact) mass is 487 g/mol. The molecule has 2 aliphatic carbocycles. The first-order chi connectivity index (χ1) is 16.9. The number of benzene rings is 2. The first kappa shape index (κ1) is 24.9. The van der Waals surface area contributed by atoms with Gasteiger partial charge in [-0.3, -0.25) is 4.98 Å². The van der Waals surface area contributed by atoms with Gasteiger partial charge in [0.05, 0.1) is 5.69 Å². The summed E-state index contributed by atoms with van der Waals surface area (Å²) in [6.07, 6.45) is 13.0. The second-order valence-electron chi connectivity index (χ2n) is 12.0. The number of nitrogens with zero attached hydrogens (tertiary/aromatic N) is 1. The maximum Gasteiger partial charge on any atom is 0.0780 e. The highest BCUT2D eigenvalue weighted by atomic mass is 32.3. The summed E-state index contributed by atoms with van der Waals surface area (Å²) >= 11 is 0. The van der Waals surface area contributed by atoms with Crippen molar-refractivity contribution in [2.24, 2.45) is 0 Å². The van der Waals surface area contributed by atoms with E-state index in [1.54, 1.807) is 16.0 Å². The van der Waals surface area contributed by atoms with Gasteiger partial charge in [-0.2, -0.15) is 0 Å². The van der Waals surface area contributed by atoms with Crippen molar-refractivity contribution >= 4 is 20.8 Å². The van der Waals surface area contributed by atoms with Crippen LogP contribution < -0.4 is 0 Å². The van der Waals surface area contributed by atoms with Crippen LogP contribution in [0.3, 0.4) is 0 Å². The summed E-state index contributed by atoms with van der Waals surface area (Å²) in [6.45, 7) is 12.1. The summed E-state index contributed by atoms with van der Waals surface area (Å²) in [7, 11) is -0.892. The zero-order chi connectivity index (χ0) is 24.6. The third-order valence-corrected chi connectivity index (χ3v) is 14.7. The molecular formula is C33H45NS. The Morgan fingerprint density at radius 3 is 1.86 bits per heavy atom. The minimum Gasteiger partial charge on any atom is -0.256 e. The standard InChI is InChI=1S/C33H45NS/c1-6-35(7-2,33(3,4)5)30-16-17-31-26(23-30)18-19-34-32(31)29-21-27(24-12-8-9-13-24)20-28(22-29)25-14-10-11-15-25/h16-25H,6-15H2,1-5H3. The molecule has 2 aliphatic rings. The van der Waals surface area contributed by atoms with E-state index in [0.29, 0.717) is 4.75 Å². The quantitative estimate of drug-likeness (QED) is 0.337. The van der Waals surface area contributed by atoms with E-state index in [0.717, 1.165) is 11.8 Å². The molecule has 2 saturated carbocycles. The summed E-state index contributed by atoms with van der Waals surface area (Å²) in [6, 6.07) is 17.1. The van der Waals surface area contributed by atoms with Gasteiger partial charge in [0.25, 0.3) is 0 Å². The van der Waals surface area contributed by atoms with Crippen LogP contribution in [0.5, 0.6) is 0 Å². The second kappa shape index (κ2) is 9.92. The van der Waals surface area contributed by atoms with Gasteiger partial charge in [0.15, 0.2) is 0 Å². The van der Waals surface area contributed by atoms with Gasteiger partial charge in [0.2, 0.25) is 0 Å². The highest BCUT2D eigenvalue weighted by Gasteiger charge is 2.35. The lowest BCUT2D eigenvalue weighted by atomic mass is 9.87. The number of aromatic nitrogens is 1. The number of fused-ring (bicyclic) bond motifs is 1. The third-order valence-electron chi connectivity index (χ3n) is 9.25. The molecule has 0 saturated heterocycles. The van der Waals surface area contributed by atoms with Crippen LogP contribution in [0, 0.1) is 0 Å². The van der Waals surface area contributed by atoms with Gasteiger partial charge >= 0.3 is 0 Å². The Kier molecular flexibility index (Phi) is 7.05. The Bertz CT molecular complexity index is 1140. The molecule has 0 unspecified atom stereocenters. The van der Waals surface area contributed by atoms with E-state index in [-0.39, 0.29) is 0 Å². The molecule has 0 amide bonds. The highest BCUT2D eigenvalue weighted by Crippen LogP contribution is 2.64. The average molecular weight is 488 g/mol. The van der Waals surface area contributed by atoms with E-state index in [1.165, 1.54) is 84.9 Å². The molecule has 2 heteroatoms. The molecule has 2 aromatic carbocycles. The van der Waals surface area contributed by atoms with Crippen molar-refractivity contribution in [3.05, 3.63) is 59.8 Å². The molecule has 1 aromatic heterocycles. The van der Waals surface area contributed by atoms with E-state index in [4.69, 9.17) is 4.98 Å². The van der Waals surface area contributed by atoms with Crippen LogP contribution in [0.15, 0.2) is 53.6 Å². The Morgan fingerprint density at radius 1 is 0.771 bits per heavy atom. The van der Waals surface area contributed by atoms with Crippen molar-refractivity contribution in [3.63, 3.8) is 0 Å². The normalized spacial score (nSPS) is 18.5. The summed E-state index contributed by atoms with van der Waals surface area (Å²) in [5.41, 5.74) is 5.67. The Morgan fingerprint density at radius 2 is 1.34 bits per heavy atom. The third kappa shape index (κ3) is 4.57. The minimum absolute atomic E-state index is 0.297. The van der Waals surface area contributed by atoms with Crippen LogP contribution in [0.1, 0.15) is 109 Å². The molecule has 0 bridgehead atoms. The number of hydrogen-bond acceptors (Lipinski definition) is 1. The highest BCUT2D eigenvalue weighted by molar-refractivity contribution is 8.34. The molecule has 188 valence electrons. The Balaban J connectivity index is 1.63. The van der Waals surface area contributed by atoms with Gasteiger partial charge in [-0.15, -0.1) is 0 Å². The van der Waals surface area contributed by atoms with Gasteiger partial charge in [-0.25, -0.2) is 10.0 Å². The van der Waals surface area contributed by atoms with E-state index >= 15 is 0 Å². The van der Waals surface area contributed by atoms with Gasteiger partial charge in [0, 0.05) is 17.1 Å². The van der Waals surface area contributed by atoms with E-state index in [1.807, 2.05) is 6.20 Å². The number of rotatable bonds is 6. The fourth-order valence-electron chi connectivity index (χ4n) is 7.19. The van der Waals surface area contributed by atoms with E-state index in [2.05, 4.69) is 77.1 Å². The van der Waals surface area contributed by atoms with Crippen molar-refractivity contribution < 1.29 is 0 Å². The predicted molar refractivity (Wildman–Crippen MR) is 156 cm³/mol. The molecule has 35 heavy (non-hydrogen) atoms. The molecular weight excluding hydrogens is 442 g/mol. The minimum atomic E-state index is -0.892. The van der Waals surface area contributed by atoms with Crippen molar-refractivity contribution in [1.82, 2.24) is 4.98 Å². The topological polar surface area (TPSA) is 12.9 Å². The molecule has 2 fully saturated rings. The zero-order valence-electron chi connectivity index (χ0n) is 22.7. The van der Waals surface area contributed by atoms with Crippen LogP contribution in [-0.2, 0) is 0 Å². The van der Waals surface area contributed by atoms with Gasteiger partial charge in [-0.1, -0.05) is 72.4 Å². The predicted octanol–water partition coefficient (Wildman–Crippen LogP) is 10.2. The molecule has 5 rings (SSSR count). The molecule has 0 radical (unpaired) electrons. The van der Waals surface area contributed by atoms with Crippen molar-refractivity contribution in [1.29, 1.82) is 0 Å². The fraction of sp³-hybridized carbons (Fsp3) is 0.545. The van der Waals surface area contributed by atoms with E-state index in [9.17, 15) is 0 Å². The Labute approximate surface area is 215 Å². The van der Waals surface area contributed by atoms with Crippen LogP contribution in [0.4, 0.5) is 0 Å². The van der Waals surface area contributed by atoms with Crippen molar-refractivity contribution in [2.75, 3.05) is 11.5 Å². The van der Waals surface area contributed by atoms with Gasteiger partial charge in [-0.05, 0) is 106 Å². The Hall–Kier alpha value is -1.80. The SMILES string of the molecule is CCS(CC)(c1ccc2c(-c3cc(C4CCCC4)cc(C4CCCC4)c3)nccc2c1)C(C)(C)C. The van der Waals surface area contributed by atoms with Gasteiger partial charge in [0.1, 0.15) is 0 Å². The van der Waals surface area contributed by atoms with Gasteiger partial charge < -0.3 is 0 Å². The number of pyridine rings is 1. The van der Waals surface area contributed by atoms with Crippen molar-refractivity contribution in [3.8, 4) is 11.3 Å². The molecule has 3 aromatic rings. The van der Waals surface area contributed by atoms with E-state index < -0.39 is 10.0 Å². The lowest BCUT2D eigenvalue weighted by Crippen LogP contribution is -2.28. The first-order valence-corrected chi connectivity index (χ1v) is 16.2.